The van der Waals surface area contributed by atoms with Crippen molar-refractivity contribution in [2.75, 3.05) is 5.32 Å². The molecule has 0 radical (unpaired) electrons. The molecule has 1 aliphatic heterocycles. The quantitative estimate of drug-likeness (QED) is 0.380. The molecule has 172 valence electrons. The number of carbonyl (C=O) groups is 1. The van der Waals surface area contributed by atoms with Gasteiger partial charge in [-0.1, -0.05) is 30.3 Å². The minimum atomic E-state index is -3.57. The van der Waals surface area contributed by atoms with Crippen LogP contribution in [0, 0.1) is 5.82 Å². The first kappa shape index (κ1) is 22.9. The highest BCUT2D eigenvalue weighted by molar-refractivity contribution is 7.90. The lowest BCUT2D eigenvalue weighted by atomic mass is 10.1. The van der Waals surface area contributed by atoms with Crippen molar-refractivity contribution in [3.8, 4) is 0 Å². The number of rotatable bonds is 6. The van der Waals surface area contributed by atoms with Gasteiger partial charge in [-0.05, 0) is 48.9 Å². The van der Waals surface area contributed by atoms with E-state index < -0.39 is 27.7 Å². The van der Waals surface area contributed by atoms with E-state index in [1.165, 1.54) is 60.5 Å². The van der Waals surface area contributed by atoms with E-state index in [-0.39, 0.29) is 16.2 Å². The molecule has 0 spiro atoms. The third-order valence-corrected chi connectivity index (χ3v) is 7.45. The SMILES string of the molecule is CC(c1ccccc1F)N(O)C(=O)Nc1ccc(S(=O)(=O)Cc2ccc3c(c2)C[NH2+]C3)cc1. The number of sulfone groups is 1. The number of hydrogen-bond donors (Lipinski definition) is 3. The molecule has 7 nitrogen and oxygen atoms in total. The summed E-state index contributed by atoms with van der Waals surface area (Å²) in [4.78, 5) is 12.5. The summed E-state index contributed by atoms with van der Waals surface area (Å²) in [6.07, 6.45) is 0. The van der Waals surface area contributed by atoms with Crippen LogP contribution in [0.4, 0.5) is 14.9 Å². The maximum atomic E-state index is 13.9. The molecule has 33 heavy (non-hydrogen) atoms. The molecule has 4 rings (SSSR count). The molecule has 0 fully saturated rings. The van der Waals surface area contributed by atoms with Crippen molar-refractivity contribution in [1.82, 2.24) is 5.06 Å². The molecular formula is C24H25FN3O4S+. The van der Waals surface area contributed by atoms with Crippen molar-refractivity contribution in [3.63, 3.8) is 0 Å². The van der Waals surface area contributed by atoms with Gasteiger partial charge in [-0.15, -0.1) is 0 Å². The molecule has 1 unspecified atom stereocenters. The molecule has 0 aliphatic carbocycles. The van der Waals surface area contributed by atoms with Crippen molar-refractivity contribution in [1.29, 1.82) is 0 Å². The monoisotopic (exact) mass is 470 g/mol. The number of halogens is 1. The van der Waals surface area contributed by atoms with Crippen LogP contribution in [0.5, 0.6) is 0 Å². The van der Waals surface area contributed by atoms with Gasteiger partial charge in [-0.25, -0.2) is 17.6 Å². The van der Waals surface area contributed by atoms with E-state index in [0.29, 0.717) is 10.8 Å². The topological polar surface area (TPSA) is 103 Å². The number of nitrogens with two attached hydrogens (primary N) is 1. The fourth-order valence-electron chi connectivity index (χ4n) is 3.89. The van der Waals surface area contributed by atoms with Crippen molar-refractivity contribution < 1.29 is 28.1 Å². The zero-order chi connectivity index (χ0) is 23.6. The van der Waals surface area contributed by atoms with Gasteiger partial charge in [-0.2, -0.15) is 5.06 Å². The highest BCUT2D eigenvalue weighted by atomic mass is 32.2. The summed E-state index contributed by atoms with van der Waals surface area (Å²) in [6.45, 7) is 3.26. The Bertz CT molecular complexity index is 1280. The molecule has 1 heterocycles. The van der Waals surface area contributed by atoms with Gasteiger partial charge < -0.3 is 10.6 Å². The molecule has 3 aromatic carbocycles. The van der Waals surface area contributed by atoms with Gasteiger partial charge >= 0.3 is 6.03 Å². The number of hydrogen-bond acceptors (Lipinski definition) is 4. The van der Waals surface area contributed by atoms with Gasteiger partial charge in [0.15, 0.2) is 9.84 Å². The highest BCUT2D eigenvalue weighted by Crippen LogP contribution is 2.24. The minimum Gasteiger partial charge on any atom is -0.339 e. The summed E-state index contributed by atoms with van der Waals surface area (Å²) in [7, 11) is -3.57. The summed E-state index contributed by atoms with van der Waals surface area (Å²) in [6, 6.07) is 15.6. The number of anilines is 1. The number of fused-ring (bicyclic) bond motifs is 1. The van der Waals surface area contributed by atoms with Crippen LogP contribution < -0.4 is 10.6 Å². The Balaban J connectivity index is 1.42. The zero-order valence-corrected chi connectivity index (χ0v) is 18.8. The van der Waals surface area contributed by atoms with Gasteiger partial charge in [0.05, 0.1) is 16.7 Å². The van der Waals surface area contributed by atoms with Crippen molar-refractivity contribution in [2.45, 2.75) is 36.7 Å². The van der Waals surface area contributed by atoms with Crippen LogP contribution in [0.15, 0.2) is 71.6 Å². The molecule has 0 saturated carbocycles. The normalized spacial score (nSPS) is 13.9. The molecule has 0 bridgehead atoms. The average Bonchev–Trinajstić information content (AvgIpc) is 3.26. The number of hydroxylamine groups is 2. The summed E-state index contributed by atoms with van der Waals surface area (Å²) < 4.78 is 39.6. The lowest BCUT2D eigenvalue weighted by Gasteiger charge is -2.23. The number of nitrogens with one attached hydrogen (secondary N) is 1. The molecular weight excluding hydrogens is 445 g/mol. The van der Waals surface area contributed by atoms with E-state index in [2.05, 4.69) is 10.6 Å². The maximum absolute atomic E-state index is 13.9. The summed E-state index contributed by atoms with van der Waals surface area (Å²) in [5, 5.41) is 15.2. The van der Waals surface area contributed by atoms with Crippen molar-refractivity contribution >= 4 is 21.6 Å². The molecule has 0 aromatic heterocycles. The average molecular weight is 471 g/mol. The molecule has 2 amide bonds. The Morgan fingerprint density at radius 2 is 1.79 bits per heavy atom. The second-order valence-corrected chi connectivity index (χ2v) is 10.0. The van der Waals surface area contributed by atoms with Crippen LogP contribution in [0.25, 0.3) is 0 Å². The molecule has 3 aromatic rings. The Hall–Kier alpha value is -3.27. The van der Waals surface area contributed by atoms with E-state index in [1.54, 1.807) is 6.07 Å². The first-order chi connectivity index (χ1) is 15.7. The molecule has 1 aliphatic rings. The van der Waals surface area contributed by atoms with E-state index in [9.17, 15) is 22.8 Å². The summed E-state index contributed by atoms with van der Waals surface area (Å²) >= 11 is 0. The number of carbonyl (C=O) groups excluding carboxylic acids is 1. The van der Waals surface area contributed by atoms with Gasteiger partial charge in [0, 0.05) is 22.4 Å². The maximum Gasteiger partial charge on any atom is 0.346 e. The summed E-state index contributed by atoms with van der Waals surface area (Å²) in [5.74, 6) is -0.649. The summed E-state index contributed by atoms with van der Waals surface area (Å²) in [5.41, 5.74) is 3.60. The Morgan fingerprint density at radius 3 is 2.52 bits per heavy atom. The van der Waals surface area contributed by atoms with Crippen LogP contribution in [0.3, 0.4) is 0 Å². The number of quaternary nitrogens is 1. The number of amides is 2. The van der Waals surface area contributed by atoms with Gasteiger partial charge in [0.1, 0.15) is 18.9 Å². The Morgan fingerprint density at radius 1 is 1.09 bits per heavy atom. The number of benzene rings is 3. The van der Waals surface area contributed by atoms with E-state index in [0.717, 1.165) is 18.7 Å². The zero-order valence-electron chi connectivity index (χ0n) is 18.0. The predicted molar refractivity (Wildman–Crippen MR) is 121 cm³/mol. The number of nitrogens with zero attached hydrogens (tertiary/aromatic N) is 1. The first-order valence-corrected chi connectivity index (χ1v) is 12.2. The van der Waals surface area contributed by atoms with Crippen LogP contribution >= 0.6 is 0 Å². The van der Waals surface area contributed by atoms with Gasteiger partial charge in [0.2, 0.25) is 0 Å². The fourth-order valence-corrected chi connectivity index (χ4v) is 5.23. The highest BCUT2D eigenvalue weighted by Gasteiger charge is 2.23. The molecule has 9 heteroatoms. The fraction of sp³-hybridized carbons (Fsp3) is 0.208. The Labute approximate surface area is 191 Å². The second-order valence-electron chi connectivity index (χ2n) is 8.06. The van der Waals surface area contributed by atoms with Crippen molar-refractivity contribution in [2.24, 2.45) is 0 Å². The second kappa shape index (κ2) is 9.30. The smallest absolute Gasteiger partial charge is 0.339 e. The lowest BCUT2D eigenvalue weighted by Crippen LogP contribution is -2.77. The number of urea groups is 1. The van der Waals surface area contributed by atoms with E-state index in [4.69, 9.17) is 0 Å². The van der Waals surface area contributed by atoms with Gasteiger partial charge in [0.25, 0.3) is 0 Å². The van der Waals surface area contributed by atoms with E-state index in [1.807, 2.05) is 18.2 Å². The first-order valence-electron chi connectivity index (χ1n) is 10.5. The van der Waals surface area contributed by atoms with Crippen LogP contribution in [0.1, 0.15) is 35.2 Å². The predicted octanol–water partition coefficient (Wildman–Crippen LogP) is 3.36. The third-order valence-electron chi connectivity index (χ3n) is 5.75. The third kappa shape index (κ3) is 5.05. The molecule has 1 atom stereocenters. The molecule has 4 N–H and O–H groups in total. The molecule has 0 saturated heterocycles. The lowest BCUT2D eigenvalue weighted by molar-refractivity contribution is -0.676. The standard InChI is InChI=1S/C24H24FN3O4S/c1-16(22-4-2-3-5-23(22)25)28(30)24(29)27-20-8-10-21(11-9-20)33(31,32)15-17-6-7-18-13-26-14-19(18)12-17/h2-12,16,26,30H,13-15H2,1H3,(H,27,29)/p+1. The minimum absolute atomic E-state index is 0.115. The van der Waals surface area contributed by atoms with Crippen molar-refractivity contribution in [3.05, 3.63) is 94.8 Å². The Kier molecular flexibility index (Phi) is 6.46. The van der Waals surface area contributed by atoms with Crippen LogP contribution in [0.2, 0.25) is 0 Å². The van der Waals surface area contributed by atoms with Gasteiger partial charge in [-0.3, -0.25) is 5.21 Å². The van der Waals surface area contributed by atoms with E-state index >= 15 is 0 Å². The van der Waals surface area contributed by atoms with Crippen LogP contribution in [-0.2, 0) is 28.7 Å². The largest absolute Gasteiger partial charge is 0.346 e. The van der Waals surface area contributed by atoms with Crippen LogP contribution in [-0.4, -0.2) is 24.7 Å².